The van der Waals surface area contributed by atoms with Crippen LogP contribution in [0.15, 0.2) is 30.5 Å². The van der Waals surface area contributed by atoms with Crippen molar-refractivity contribution in [3.63, 3.8) is 0 Å². The van der Waals surface area contributed by atoms with Gasteiger partial charge in [0.1, 0.15) is 0 Å². The van der Waals surface area contributed by atoms with Crippen LogP contribution in [0.4, 0.5) is 5.69 Å². The second-order valence-corrected chi connectivity index (χ2v) is 5.29. The quantitative estimate of drug-likeness (QED) is 0.689. The number of nitrogens with one attached hydrogen (secondary N) is 3. The number of H-pyrrole nitrogens is 1. The molecule has 0 bridgehead atoms. The van der Waals surface area contributed by atoms with Crippen LogP contribution in [-0.2, 0) is 11.3 Å². The highest BCUT2D eigenvalue weighted by Gasteiger charge is 2.03. The fraction of sp³-hybridized carbons (Fsp3) is 0.333. The van der Waals surface area contributed by atoms with Crippen molar-refractivity contribution in [1.29, 1.82) is 0 Å². The second-order valence-electron chi connectivity index (χ2n) is 4.86. The summed E-state index contributed by atoms with van der Waals surface area (Å²) >= 11 is 5.79. The molecule has 0 fully saturated rings. The number of carbonyl (C=O) groups excluding carboxylic acids is 1. The monoisotopic (exact) mass is 306 g/mol. The Kier molecular flexibility index (Phi) is 5.78. The number of nitrogens with zero attached hydrogens (tertiary/aromatic N) is 1. The van der Waals surface area contributed by atoms with Gasteiger partial charge in [0.2, 0.25) is 5.91 Å². The smallest absolute Gasteiger partial charge is 0.224 e. The predicted molar refractivity (Wildman–Crippen MR) is 84.3 cm³/mol. The maximum atomic E-state index is 11.8. The number of aromatic nitrogens is 2. The van der Waals surface area contributed by atoms with Gasteiger partial charge in [-0.05, 0) is 44.2 Å². The van der Waals surface area contributed by atoms with Crippen LogP contribution >= 0.6 is 11.6 Å². The van der Waals surface area contributed by atoms with Crippen molar-refractivity contribution >= 4 is 23.2 Å². The molecule has 6 heteroatoms. The molecule has 1 amide bonds. The third-order valence-electron chi connectivity index (χ3n) is 3.14. The molecule has 3 N–H and O–H groups in total. The van der Waals surface area contributed by atoms with Gasteiger partial charge in [-0.15, -0.1) is 0 Å². The maximum absolute atomic E-state index is 11.8. The Morgan fingerprint density at radius 2 is 2.10 bits per heavy atom. The third-order valence-corrected chi connectivity index (χ3v) is 3.39. The highest BCUT2D eigenvalue weighted by Crippen LogP contribution is 2.13. The van der Waals surface area contributed by atoms with E-state index in [1.807, 2.05) is 13.1 Å². The molecule has 0 aliphatic heterocycles. The standard InChI is InChI=1S/C15H19ClN4O/c1-11-12(10-18-20-11)9-17-8-2-3-15(21)19-14-6-4-13(16)5-7-14/h4-7,10,17H,2-3,8-9H2,1H3,(H,18,20)(H,19,21). The van der Waals surface area contributed by atoms with Gasteiger partial charge in [-0.25, -0.2) is 0 Å². The summed E-state index contributed by atoms with van der Waals surface area (Å²) in [5, 5.41) is 13.7. The first-order valence-corrected chi connectivity index (χ1v) is 7.28. The van der Waals surface area contributed by atoms with E-state index in [1.165, 1.54) is 0 Å². The first-order valence-electron chi connectivity index (χ1n) is 6.90. The molecule has 0 saturated carbocycles. The minimum absolute atomic E-state index is 0.0126. The number of aromatic amines is 1. The first kappa shape index (κ1) is 15.5. The summed E-state index contributed by atoms with van der Waals surface area (Å²) in [6, 6.07) is 7.10. The van der Waals surface area contributed by atoms with Crippen LogP contribution in [0.1, 0.15) is 24.1 Å². The molecule has 0 aliphatic carbocycles. The fourth-order valence-electron chi connectivity index (χ4n) is 1.91. The summed E-state index contributed by atoms with van der Waals surface area (Å²) in [7, 11) is 0. The number of rotatable bonds is 7. The molecule has 1 heterocycles. The molecule has 1 aromatic heterocycles. The highest BCUT2D eigenvalue weighted by atomic mass is 35.5. The number of anilines is 1. The van der Waals surface area contributed by atoms with Crippen LogP contribution in [-0.4, -0.2) is 22.6 Å². The predicted octanol–water partition coefficient (Wildman–Crippen LogP) is 2.88. The van der Waals surface area contributed by atoms with Crippen LogP contribution in [0, 0.1) is 6.92 Å². The molecule has 2 rings (SSSR count). The lowest BCUT2D eigenvalue weighted by Crippen LogP contribution is -2.18. The van der Waals surface area contributed by atoms with Crippen molar-refractivity contribution in [2.24, 2.45) is 0 Å². The van der Waals surface area contributed by atoms with Gasteiger partial charge < -0.3 is 10.6 Å². The van der Waals surface area contributed by atoms with E-state index in [4.69, 9.17) is 11.6 Å². The Morgan fingerprint density at radius 3 is 2.76 bits per heavy atom. The lowest BCUT2D eigenvalue weighted by Gasteiger charge is -2.06. The molecule has 0 unspecified atom stereocenters. The molecule has 5 nitrogen and oxygen atoms in total. The Hall–Kier alpha value is -1.85. The number of amides is 1. The average molecular weight is 307 g/mol. The molecule has 0 spiro atoms. The number of aryl methyl sites for hydroxylation is 1. The van der Waals surface area contributed by atoms with Gasteiger partial charge in [0.05, 0.1) is 6.20 Å². The molecule has 1 aromatic carbocycles. The van der Waals surface area contributed by atoms with E-state index in [1.54, 1.807) is 24.3 Å². The molecular formula is C15H19ClN4O. The van der Waals surface area contributed by atoms with Crippen molar-refractivity contribution < 1.29 is 4.79 Å². The third kappa shape index (κ3) is 5.21. The van der Waals surface area contributed by atoms with E-state index in [-0.39, 0.29) is 5.91 Å². The van der Waals surface area contributed by atoms with Crippen LogP contribution in [0.25, 0.3) is 0 Å². The Balaban J connectivity index is 1.61. The Bertz CT molecular complexity index is 580. The number of hydrogen-bond acceptors (Lipinski definition) is 3. The summed E-state index contributed by atoms with van der Waals surface area (Å²) in [4.78, 5) is 11.8. The van der Waals surface area contributed by atoms with Gasteiger partial charge in [0, 0.05) is 34.9 Å². The second kappa shape index (κ2) is 7.81. The number of hydrogen-bond donors (Lipinski definition) is 3. The van der Waals surface area contributed by atoms with Crippen molar-refractivity contribution in [3.8, 4) is 0 Å². The molecule has 21 heavy (non-hydrogen) atoms. The van der Waals surface area contributed by atoms with Crippen LogP contribution < -0.4 is 10.6 Å². The van der Waals surface area contributed by atoms with E-state index in [2.05, 4.69) is 20.8 Å². The maximum Gasteiger partial charge on any atom is 0.224 e. The van der Waals surface area contributed by atoms with Crippen LogP contribution in [0.5, 0.6) is 0 Å². The molecule has 0 atom stereocenters. The van der Waals surface area contributed by atoms with Gasteiger partial charge >= 0.3 is 0 Å². The Morgan fingerprint density at radius 1 is 1.33 bits per heavy atom. The minimum Gasteiger partial charge on any atom is -0.326 e. The van der Waals surface area contributed by atoms with E-state index < -0.39 is 0 Å². The molecule has 0 aliphatic rings. The van der Waals surface area contributed by atoms with E-state index in [9.17, 15) is 4.79 Å². The van der Waals surface area contributed by atoms with E-state index >= 15 is 0 Å². The van der Waals surface area contributed by atoms with Crippen LogP contribution in [0.3, 0.4) is 0 Å². The lowest BCUT2D eigenvalue weighted by molar-refractivity contribution is -0.116. The zero-order chi connectivity index (χ0) is 15.1. The van der Waals surface area contributed by atoms with Gasteiger partial charge in [-0.3, -0.25) is 9.89 Å². The molecule has 2 aromatic rings. The largest absolute Gasteiger partial charge is 0.326 e. The van der Waals surface area contributed by atoms with E-state index in [0.29, 0.717) is 11.4 Å². The van der Waals surface area contributed by atoms with Crippen molar-refractivity contribution in [1.82, 2.24) is 15.5 Å². The van der Waals surface area contributed by atoms with Crippen molar-refractivity contribution in [2.75, 3.05) is 11.9 Å². The molecule has 0 saturated heterocycles. The first-order chi connectivity index (χ1) is 10.1. The van der Waals surface area contributed by atoms with Crippen LogP contribution in [0.2, 0.25) is 5.02 Å². The van der Waals surface area contributed by atoms with Gasteiger partial charge in [0.15, 0.2) is 0 Å². The SMILES string of the molecule is Cc1[nH]ncc1CNCCCC(=O)Nc1ccc(Cl)cc1. The summed E-state index contributed by atoms with van der Waals surface area (Å²) in [5.41, 5.74) is 3.00. The molecule has 0 radical (unpaired) electrons. The molecule has 112 valence electrons. The number of carbonyl (C=O) groups is 1. The number of halogens is 1. The van der Waals surface area contributed by atoms with Gasteiger partial charge in [0.25, 0.3) is 0 Å². The summed E-state index contributed by atoms with van der Waals surface area (Å²) < 4.78 is 0. The summed E-state index contributed by atoms with van der Waals surface area (Å²) in [6.07, 6.45) is 3.09. The lowest BCUT2D eigenvalue weighted by atomic mass is 10.2. The van der Waals surface area contributed by atoms with Gasteiger partial charge in [-0.2, -0.15) is 5.10 Å². The molecular weight excluding hydrogens is 288 g/mol. The number of benzene rings is 1. The van der Waals surface area contributed by atoms with E-state index in [0.717, 1.165) is 36.5 Å². The fourth-order valence-corrected chi connectivity index (χ4v) is 2.03. The van der Waals surface area contributed by atoms with Crippen molar-refractivity contribution in [3.05, 3.63) is 46.7 Å². The zero-order valence-electron chi connectivity index (χ0n) is 11.9. The van der Waals surface area contributed by atoms with Gasteiger partial charge in [-0.1, -0.05) is 11.6 Å². The highest BCUT2D eigenvalue weighted by molar-refractivity contribution is 6.30. The average Bonchev–Trinajstić information content (AvgIpc) is 2.87. The summed E-state index contributed by atoms with van der Waals surface area (Å²) in [5.74, 6) is 0.0126. The minimum atomic E-state index is 0.0126. The summed E-state index contributed by atoms with van der Waals surface area (Å²) in [6.45, 7) is 3.55. The normalized spacial score (nSPS) is 10.6. The van der Waals surface area contributed by atoms with Crippen molar-refractivity contribution in [2.45, 2.75) is 26.3 Å². The topological polar surface area (TPSA) is 69.8 Å². The Labute approximate surface area is 129 Å². The zero-order valence-corrected chi connectivity index (χ0v) is 12.7.